The average molecular weight is 303 g/mol. The summed E-state index contributed by atoms with van der Waals surface area (Å²) in [5.41, 5.74) is 6.59. The van der Waals surface area contributed by atoms with Gasteiger partial charge in [0.15, 0.2) is 0 Å². The minimum atomic E-state index is -0.394. The molecular formula is C14H20Cl2N2O. The molecule has 1 aliphatic rings. The number of benzene rings is 1. The number of carbonyl (C=O) groups is 1. The van der Waals surface area contributed by atoms with E-state index in [1.807, 2.05) is 6.92 Å². The molecule has 2 atom stereocenters. The molecule has 19 heavy (non-hydrogen) atoms. The number of rotatable bonds is 2. The maximum atomic E-state index is 12.2. The van der Waals surface area contributed by atoms with Crippen molar-refractivity contribution in [2.45, 2.75) is 38.1 Å². The molecule has 1 fully saturated rings. The van der Waals surface area contributed by atoms with Crippen molar-refractivity contribution in [1.82, 2.24) is 0 Å². The zero-order valence-electron chi connectivity index (χ0n) is 11.0. The van der Waals surface area contributed by atoms with Gasteiger partial charge in [-0.25, -0.2) is 0 Å². The van der Waals surface area contributed by atoms with Gasteiger partial charge in [0, 0.05) is 16.2 Å². The Morgan fingerprint density at radius 3 is 2.58 bits per heavy atom. The number of carbonyl (C=O) groups excluding carboxylic acids is 1. The van der Waals surface area contributed by atoms with Gasteiger partial charge in [0.2, 0.25) is 5.91 Å². The van der Waals surface area contributed by atoms with Gasteiger partial charge in [-0.15, -0.1) is 12.4 Å². The lowest BCUT2D eigenvalue weighted by Crippen LogP contribution is -2.51. The summed E-state index contributed by atoms with van der Waals surface area (Å²) >= 11 is 5.81. The van der Waals surface area contributed by atoms with Gasteiger partial charge in [0.1, 0.15) is 0 Å². The molecule has 1 amide bonds. The van der Waals surface area contributed by atoms with Crippen LogP contribution in [0.15, 0.2) is 24.3 Å². The highest BCUT2D eigenvalue weighted by Crippen LogP contribution is 2.32. The van der Waals surface area contributed by atoms with Crippen LogP contribution in [-0.2, 0) is 4.79 Å². The number of nitrogens with two attached hydrogens (primary N) is 1. The third-order valence-corrected chi connectivity index (χ3v) is 3.93. The number of nitrogens with one attached hydrogen (secondary N) is 1. The van der Waals surface area contributed by atoms with Crippen LogP contribution in [0.5, 0.6) is 0 Å². The lowest BCUT2D eigenvalue weighted by atomic mass is 9.74. The molecule has 0 aliphatic heterocycles. The van der Waals surface area contributed by atoms with Gasteiger partial charge in [0.05, 0.1) is 5.92 Å². The monoisotopic (exact) mass is 302 g/mol. The van der Waals surface area contributed by atoms with Gasteiger partial charge >= 0.3 is 0 Å². The second kappa shape index (κ2) is 6.60. The summed E-state index contributed by atoms with van der Waals surface area (Å²) in [7, 11) is 0. The lowest BCUT2D eigenvalue weighted by Gasteiger charge is -2.37. The maximum Gasteiger partial charge on any atom is 0.229 e. The molecule has 2 unspecified atom stereocenters. The quantitative estimate of drug-likeness (QED) is 0.877. The van der Waals surface area contributed by atoms with Crippen molar-refractivity contribution in [2.24, 2.45) is 11.7 Å². The number of halogens is 2. The second-order valence-corrected chi connectivity index (χ2v) is 5.74. The van der Waals surface area contributed by atoms with Crippen molar-refractivity contribution >= 4 is 35.6 Å². The second-order valence-electron chi connectivity index (χ2n) is 5.30. The predicted octanol–water partition coefficient (Wildman–Crippen LogP) is 3.61. The van der Waals surface area contributed by atoms with E-state index in [2.05, 4.69) is 5.32 Å². The van der Waals surface area contributed by atoms with Crippen LogP contribution < -0.4 is 11.1 Å². The fourth-order valence-corrected chi connectivity index (χ4v) is 2.68. The average Bonchev–Trinajstić information content (AvgIpc) is 2.31. The van der Waals surface area contributed by atoms with Crippen molar-refractivity contribution < 1.29 is 4.79 Å². The first-order chi connectivity index (χ1) is 8.49. The third-order valence-electron chi connectivity index (χ3n) is 3.68. The Hall–Kier alpha value is -0.770. The molecule has 0 heterocycles. The van der Waals surface area contributed by atoms with Crippen LogP contribution >= 0.6 is 24.0 Å². The summed E-state index contributed by atoms with van der Waals surface area (Å²) in [5, 5.41) is 3.58. The molecule has 1 aliphatic carbocycles. The normalized spacial score (nSPS) is 26.4. The van der Waals surface area contributed by atoms with E-state index in [0.29, 0.717) is 5.02 Å². The molecule has 0 spiro atoms. The molecule has 5 heteroatoms. The summed E-state index contributed by atoms with van der Waals surface area (Å²) in [4.78, 5) is 12.2. The van der Waals surface area contributed by atoms with Gasteiger partial charge < -0.3 is 11.1 Å². The van der Waals surface area contributed by atoms with Gasteiger partial charge in [-0.05, 0) is 44.0 Å². The highest BCUT2D eigenvalue weighted by molar-refractivity contribution is 6.30. The van der Waals surface area contributed by atoms with Crippen LogP contribution in [0.3, 0.4) is 0 Å². The van der Waals surface area contributed by atoms with Crippen LogP contribution in [0.2, 0.25) is 5.02 Å². The molecule has 0 bridgehead atoms. The van der Waals surface area contributed by atoms with Crippen molar-refractivity contribution in [3.8, 4) is 0 Å². The molecule has 1 aromatic rings. The Balaban J connectivity index is 0.00000180. The van der Waals surface area contributed by atoms with E-state index in [1.54, 1.807) is 24.3 Å². The van der Waals surface area contributed by atoms with E-state index >= 15 is 0 Å². The Morgan fingerprint density at radius 1 is 1.37 bits per heavy atom. The van der Waals surface area contributed by atoms with E-state index in [-0.39, 0.29) is 24.2 Å². The van der Waals surface area contributed by atoms with Crippen molar-refractivity contribution in [1.29, 1.82) is 0 Å². The fraction of sp³-hybridized carbons (Fsp3) is 0.500. The zero-order valence-corrected chi connectivity index (χ0v) is 12.6. The molecule has 0 saturated heterocycles. The van der Waals surface area contributed by atoms with E-state index in [4.69, 9.17) is 17.3 Å². The first kappa shape index (κ1) is 16.3. The van der Waals surface area contributed by atoms with Crippen LogP contribution in [0.1, 0.15) is 32.6 Å². The van der Waals surface area contributed by atoms with Crippen molar-refractivity contribution in [3.63, 3.8) is 0 Å². The molecule has 2 rings (SSSR count). The van der Waals surface area contributed by atoms with Crippen LogP contribution in [-0.4, -0.2) is 11.4 Å². The summed E-state index contributed by atoms with van der Waals surface area (Å²) in [6.45, 7) is 1.97. The van der Waals surface area contributed by atoms with Crippen LogP contribution in [0.25, 0.3) is 0 Å². The molecule has 0 aromatic heterocycles. The van der Waals surface area contributed by atoms with Crippen LogP contribution in [0, 0.1) is 5.92 Å². The molecule has 0 radical (unpaired) electrons. The van der Waals surface area contributed by atoms with Gasteiger partial charge in [-0.2, -0.15) is 0 Å². The number of anilines is 1. The largest absolute Gasteiger partial charge is 0.326 e. The Bertz CT molecular complexity index is 432. The molecule has 1 saturated carbocycles. The molecule has 1 aromatic carbocycles. The summed E-state index contributed by atoms with van der Waals surface area (Å²) < 4.78 is 0. The van der Waals surface area contributed by atoms with Crippen molar-refractivity contribution in [3.05, 3.63) is 29.3 Å². The number of amides is 1. The smallest absolute Gasteiger partial charge is 0.229 e. The molecule has 3 N–H and O–H groups in total. The van der Waals surface area contributed by atoms with E-state index < -0.39 is 5.54 Å². The van der Waals surface area contributed by atoms with Crippen molar-refractivity contribution in [2.75, 3.05) is 5.32 Å². The summed E-state index contributed by atoms with van der Waals surface area (Å²) in [6, 6.07) is 7.13. The molecule has 106 valence electrons. The summed E-state index contributed by atoms with van der Waals surface area (Å²) in [6.07, 6.45) is 3.96. The van der Waals surface area contributed by atoms with E-state index in [9.17, 15) is 4.79 Å². The highest BCUT2D eigenvalue weighted by Gasteiger charge is 2.37. The fourth-order valence-electron chi connectivity index (χ4n) is 2.55. The SMILES string of the molecule is CC1(N)CCCCC1C(=O)Nc1ccc(Cl)cc1.Cl. The first-order valence-electron chi connectivity index (χ1n) is 6.34. The first-order valence-corrected chi connectivity index (χ1v) is 6.72. The predicted molar refractivity (Wildman–Crippen MR) is 81.9 cm³/mol. The lowest BCUT2D eigenvalue weighted by molar-refractivity contribution is -0.122. The molecule has 3 nitrogen and oxygen atoms in total. The Labute approximate surface area is 125 Å². The topological polar surface area (TPSA) is 55.1 Å². The minimum Gasteiger partial charge on any atom is -0.326 e. The highest BCUT2D eigenvalue weighted by atomic mass is 35.5. The van der Waals surface area contributed by atoms with Gasteiger partial charge in [0.25, 0.3) is 0 Å². The van der Waals surface area contributed by atoms with Gasteiger partial charge in [-0.1, -0.05) is 24.4 Å². The maximum absolute atomic E-state index is 12.2. The Kier molecular flexibility index (Phi) is 5.65. The van der Waals surface area contributed by atoms with E-state index in [0.717, 1.165) is 31.4 Å². The zero-order chi connectivity index (χ0) is 13.2. The minimum absolute atomic E-state index is 0. The third kappa shape index (κ3) is 4.10. The standard InChI is InChI=1S/C14H19ClN2O.ClH/c1-14(16)9-3-2-4-12(14)13(18)17-11-7-5-10(15)6-8-11;/h5-8,12H,2-4,9,16H2,1H3,(H,17,18);1H. The Morgan fingerprint density at radius 2 is 2.00 bits per heavy atom. The van der Waals surface area contributed by atoms with Crippen LogP contribution in [0.4, 0.5) is 5.69 Å². The van der Waals surface area contributed by atoms with E-state index in [1.165, 1.54) is 0 Å². The molecular weight excluding hydrogens is 283 g/mol. The number of hydrogen-bond acceptors (Lipinski definition) is 2. The number of hydrogen-bond donors (Lipinski definition) is 2. The van der Waals surface area contributed by atoms with Gasteiger partial charge in [-0.3, -0.25) is 4.79 Å². The summed E-state index contributed by atoms with van der Waals surface area (Å²) in [5.74, 6) is -0.0936.